The topological polar surface area (TPSA) is 30.9 Å². The molecule has 2 aliphatic rings. The molecule has 1 saturated carbocycles. The van der Waals surface area contributed by atoms with Gasteiger partial charge in [-0.15, -0.1) is 0 Å². The van der Waals surface area contributed by atoms with Crippen LogP contribution in [0.3, 0.4) is 0 Å². The van der Waals surface area contributed by atoms with Gasteiger partial charge in [-0.05, 0) is 50.7 Å². The molecule has 0 aromatic carbocycles. The van der Waals surface area contributed by atoms with Crippen LogP contribution in [0.1, 0.15) is 54.7 Å². The van der Waals surface area contributed by atoms with Crippen LogP contribution in [0.15, 0.2) is 6.07 Å². The van der Waals surface area contributed by atoms with Gasteiger partial charge in [-0.2, -0.15) is 0 Å². The summed E-state index contributed by atoms with van der Waals surface area (Å²) in [5.74, 6) is 0. The molecule has 2 nitrogen and oxygen atoms in total. The van der Waals surface area contributed by atoms with Crippen molar-refractivity contribution in [2.24, 2.45) is 5.73 Å². The molecule has 0 bridgehead atoms. The van der Waals surface area contributed by atoms with Crippen LogP contribution in [0.5, 0.6) is 0 Å². The van der Waals surface area contributed by atoms with Gasteiger partial charge in [0.05, 0.1) is 0 Å². The third-order valence-electron chi connectivity index (χ3n) is 3.61. The predicted octanol–water partition coefficient (Wildman–Crippen LogP) is 2.47. The van der Waals surface area contributed by atoms with Crippen molar-refractivity contribution in [2.75, 3.05) is 0 Å². The molecule has 1 atom stereocenters. The molecule has 3 rings (SSSR count). The fourth-order valence-electron chi connectivity index (χ4n) is 2.80. The van der Waals surface area contributed by atoms with E-state index in [1.54, 1.807) is 5.69 Å². The fourth-order valence-corrected chi connectivity index (χ4v) is 2.80. The van der Waals surface area contributed by atoms with E-state index in [0.29, 0.717) is 6.04 Å². The van der Waals surface area contributed by atoms with Gasteiger partial charge < -0.3 is 10.3 Å². The van der Waals surface area contributed by atoms with E-state index in [2.05, 4.69) is 17.6 Å². The van der Waals surface area contributed by atoms with Crippen molar-refractivity contribution in [3.05, 3.63) is 23.0 Å². The highest BCUT2D eigenvalue weighted by Crippen LogP contribution is 2.41. The number of fused-ring (bicyclic) bond motifs is 1. The van der Waals surface area contributed by atoms with Gasteiger partial charge in [0.1, 0.15) is 0 Å². The molecular weight excluding hydrogens is 172 g/mol. The maximum Gasteiger partial charge on any atom is 0.0337 e. The van der Waals surface area contributed by atoms with Crippen LogP contribution in [0.2, 0.25) is 0 Å². The molecule has 1 aromatic rings. The molecule has 14 heavy (non-hydrogen) atoms. The first-order chi connectivity index (χ1) is 6.77. The second kappa shape index (κ2) is 2.86. The average Bonchev–Trinajstić information content (AvgIpc) is 2.91. The highest BCUT2D eigenvalue weighted by molar-refractivity contribution is 5.33. The molecule has 0 saturated heterocycles. The molecular formula is C12H18N2. The second-order valence-electron chi connectivity index (χ2n) is 4.79. The zero-order valence-electron chi connectivity index (χ0n) is 8.79. The minimum absolute atomic E-state index is 0.303. The molecule has 0 amide bonds. The van der Waals surface area contributed by atoms with Crippen LogP contribution in [-0.4, -0.2) is 4.57 Å². The predicted molar refractivity (Wildman–Crippen MR) is 57.3 cm³/mol. The quantitative estimate of drug-likeness (QED) is 0.724. The van der Waals surface area contributed by atoms with Gasteiger partial charge in [0.25, 0.3) is 0 Å². The summed E-state index contributed by atoms with van der Waals surface area (Å²) in [6.07, 6.45) is 6.42. The molecule has 76 valence electrons. The summed E-state index contributed by atoms with van der Waals surface area (Å²) in [5.41, 5.74) is 10.5. The lowest BCUT2D eigenvalue weighted by atomic mass is 9.93. The molecule has 1 fully saturated rings. The molecule has 1 aromatic heterocycles. The summed E-state index contributed by atoms with van der Waals surface area (Å²) in [5, 5.41) is 0. The number of nitrogens with two attached hydrogens (primary N) is 1. The van der Waals surface area contributed by atoms with Crippen molar-refractivity contribution in [1.82, 2.24) is 4.57 Å². The molecule has 0 radical (unpaired) electrons. The summed E-state index contributed by atoms with van der Waals surface area (Å²) in [6.45, 7) is 2.23. The van der Waals surface area contributed by atoms with E-state index in [0.717, 1.165) is 6.04 Å². The van der Waals surface area contributed by atoms with Crippen molar-refractivity contribution >= 4 is 0 Å². The average molecular weight is 190 g/mol. The summed E-state index contributed by atoms with van der Waals surface area (Å²) >= 11 is 0. The van der Waals surface area contributed by atoms with Crippen LogP contribution < -0.4 is 5.73 Å². The summed E-state index contributed by atoms with van der Waals surface area (Å²) in [7, 11) is 0. The van der Waals surface area contributed by atoms with Gasteiger partial charge in [0, 0.05) is 23.5 Å². The van der Waals surface area contributed by atoms with Gasteiger partial charge in [-0.25, -0.2) is 0 Å². The van der Waals surface area contributed by atoms with Gasteiger partial charge in [0.2, 0.25) is 0 Å². The van der Waals surface area contributed by atoms with E-state index in [4.69, 9.17) is 5.73 Å². The highest BCUT2D eigenvalue weighted by atomic mass is 15.1. The standard InChI is InChI=1S/C12H18N2/c1-8-7-10-11(13)3-2-4-12(10)14(8)9-5-6-9/h7,9,11H,2-6,13H2,1H3. The molecule has 0 aliphatic heterocycles. The summed E-state index contributed by atoms with van der Waals surface area (Å²) in [4.78, 5) is 0. The minimum Gasteiger partial charge on any atom is -0.346 e. The van der Waals surface area contributed by atoms with E-state index in [-0.39, 0.29) is 0 Å². The number of hydrogen-bond acceptors (Lipinski definition) is 1. The van der Waals surface area contributed by atoms with Crippen molar-refractivity contribution < 1.29 is 0 Å². The van der Waals surface area contributed by atoms with E-state index in [1.807, 2.05) is 0 Å². The lowest BCUT2D eigenvalue weighted by Crippen LogP contribution is -2.18. The van der Waals surface area contributed by atoms with Crippen molar-refractivity contribution in [3.63, 3.8) is 0 Å². The molecule has 2 heteroatoms. The van der Waals surface area contributed by atoms with E-state index in [1.165, 1.54) is 43.4 Å². The maximum absolute atomic E-state index is 6.14. The Balaban J connectivity index is 2.11. The number of hydrogen-bond donors (Lipinski definition) is 1. The first kappa shape index (κ1) is 8.54. The van der Waals surface area contributed by atoms with Crippen LogP contribution in [0.25, 0.3) is 0 Å². The van der Waals surface area contributed by atoms with Crippen molar-refractivity contribution in [1.29, 1.82) is 0 Å². The Morgan fingerprint density at radius 3 is 2.86 bits per heavy atom. The molecule has 1 unspecified atom stereocenters. The summed E-state index contributed by atoms with van der Waals surface area (Å²) < 4.78 is 2.55. The van der Waals surface area contributed by atoms with Crippen LogP contribution in [0.4, 0.5) is 0 Å². The Kier molecular flexibility index (Phi) is 1.75. The normalized spacial score (nSPS) is 26.3. The third kappa shape index (κ3) is 1.13. The van der Waals surface area contributed by atoms with Gasteiger partial charge in [-0.1, -0.05) is 0 Å². The van der Waals surface area contributed by atoms with Crippen LogP contribution in [0, 0.1) is 6.92 Å². The van der Waals surface area contributed by atoms with Crippen LogP contribution >= 0.6 is 0 Å². The lowest BCUT2D eigenvalue weighted by Gasteiger charge is -2.21. The van der Waals surface area contributed by atoms with E-state index >= 15 is 0 Å². The maximum atomic E-state index is 6.14. The molecule has 0 spiro atoms. The molecule has 2 N–H and O–H groups in total. The Labute approximate surface area is 85.1 Å². The van der Waals surface area contributed by atoms with E-state index in [9.17, 15) is 0 Å². The van der Waals surface area contributed by atoms with Crippen molar-refractivity contribution in [3.8, 4) is 0 Å². The first-order valence-corrected chi connectivity index (χ1v) is 5.73. The minimum atomic E-state index is 0.303. The lowest BCUT2D eigenvalue weighted by molar-refractivity contribution is 0.540. The van der Waals surface area contributed by atoms with Gasteiger partial charge >= 0.3 is 0 Å². The molecule has 1 heterocycles. The monoisotopic (exact) mass is 190 g/mol. The Bertz CT molecular complexity index is 361. The zero-order valence-corrected chi connectivity index (χ0v) is 8.79. The number of rotatable bonds is 1. The Morgan fingerprint density at radius 1 is 1.36 bits per heavy atom. The zero-order chi connectivity index (χ0) is 9.71. The Hall–Kier alpha value is -0.760. The Morgan fingerprint density at radius 2 is 2.14 bits per heavy atom. The smallest absolute Gasteiger partial charge is 0.0337 e. The second-order valence-corrected chi connectivity index (χ2v) is 4.79. The van der Waals surface area contributed by atoms with E-state index < -0.39 is 0 Å². The number of aromatic nitrogens is 1. The third-order valence-corrected chi connectivity index (χ3v) is 3.61. The van der Waals surface area contributed by atoms with Gasteiger partial charge in [0.15, 0.2) is 0 Å². The number of aryl methyl sites for hydroxylation is 1. The summed E-state index contributed by atoms with van der Waals surface area (Å²) in [6, 6.07) is 3.43. The number of nitrogens with zero attached hydrogens (tertiary/aromatic N) is 1. The molecule has 2 aliphatic carbocycles. The van der Waals surface area contributed by atoms with Crippen LogP contribution in [-0.2, 0) is 6.42 Å². The largest absolute Gasteiger partial charge is 0.346 e. The van der Waals surface area contributed by atoms with Crippen molar-refractivity contribution in [2.45, 2.75) is 51.1 Å². The first-order valence-electron chi connectivity index (χ1n) is 5.73. The highest BCUT2D eigenvalue weighted by Gasteiger charge is 2.30. The fraction of sp³-hybridized carbons (Fsp3) is 0.667. The SMILES string of the molecule is Cc1cc2c(n1C1CC1)CCCC2N. The van der Waals surface area contributed by atoms with Gasteiger partial charge in [-0.3, -0.25) is 0 Å².